The van der Waals surface area contributed by atoms with Gasteiger partial charge in [-0.3, -0.25) is 0 Å². The van der Waals surface area contributed by atoms with Gasteiger partial charge in [-0.15, -0.1) is 0 Å². The first-order valence-electron chi connectivity index (χ1n) is 12.5. The fourth-order valence-corrected chi connectivity index (χ4v) is 6.16. The number of hydrogen-bond acceptors (Lipinski definition) is 6. The van der Waals surface area contributed by atoms with E-state index in [0.29, 0.717) is 34.2 Å². The number of benzene rings is 3. The standard InChI is InChI=1S/C29H28I2N2O7/c1-3-4-5-25-27(38-15-17-12-22(30)28(23(31)13-17)39-16-26(34)35)21-14-19(8-11-24(21)40-25)33-29(36)32-18-6-9-20(37-2)10-7-18/h6-14H,3-5,15-16H2,1-2H3,(H,34,35)(H2,32,33,36). The lowest BCUT2D eigenvalue weighted by Gasteiger charge is -2.12. The Morgan fingerprint density at radius 3 is 2.25 bits per heavy atom. The highest BCUT2D eigenvalue weighted by atomic mass is 127. The fourth-order valence-electron chi connectivity index (χ4n) is 3.95. The molecule has 4 aromatic rings. The number of halogens is 2. The number of nitrogens with one attached hydrogen (secondary N) is 2. The molecule has 0 spiro atoms. The number of carboxylic acid groups (broad SMARTS) is 1. The minimum Gasteiger partial charge on any atom is -0.497 e. The summed E-state index contributed by atoms with van der Waals surface area (Å²) in [7, 11) is 1.59. The summed E-state index contributed by atoms with van der Waals surface area (Å²) in [5.74, 6) is 1.60. The van der Waals surface area contributed by atoms with Crippen LogP contribution in [0.2, 0.25) is 0 Å². The largest absolute Gasteiger partial charge is 0.497 e. The molecule has 210 valence electrons. The minimum atomic E-state index is -1.03. The summed E-state index contributed by atoms with van der Waals surface area (Å²) < 4.78 is 24.6. The van der Waals surface area contributed by atoms with Crippen molar-refractivity contribution < 1.29 is 33.3 Å². The molecule has 11 heteroatoms. The second-order valence-electron chi connectivity index (χ2n) is 8.84. The van der Waals surface area contributed by atoms with Crippen molar-refractivity contribution >= 4 is 79.5 Å². The molecule has 0 aliphatic carbocycles. The summed E-state index contributed by atoms with van der Waals surface area (Å²) in [5.41, 5.74) is 2.80. The van der Waals surface area contributed by atoms with E-state index < -0.39 is 12.6 Å². The number of unbranched alkanes of at least 4 members (excludes halogenated alkanes) is 1. The molecule has 0 fully saturated rings. The van der Waals surface area contributed by atoms with E-state index in [0.717, 1.165) is 43.1 Å². The van der Waals surface area contributed by atoms with Crippen molar-refractivity contribution in [2.75, 3.05) is 24.4 Å². The summed E-state index contributed by atoms with van der Waals surface area (Å²) in [6, 6.07) is 15.9. The Bertz CT molecular complexity index is 1480. The number of ether oxygens (including phenoxy) is 3. The molecule has 0 aliphatic heterocycles. The Kier molecular flexibility index (Phi) is 10.4. The Morgan fingerprint density at radius 1 is 0.925 bits per heavy atom. The molecule has 0 radical (unpaired) electrons. The van der Waals surface area contributed by atoms with Gasteiger partial charge in [-0.05, 0) is 112 Å². The second kappa shape index (κ2) is 13.9. The Labute approximate surface area is 258 Å². The second-order valence-corrected chi connectivity index (χ2v) is 11.2. The van der Waals surface area contributed by atoms with Gasteiger partial charge in [-0.1, -0.05) is 13.3 Å². The molecule has 0 saturated carbocycles. The van der Waals surface area contributed by atoms with E-state index in [9.17, 15) is 9.59 Å². The lowest BCUT2D eigenvalue weighted by atomic mass is 10.1. The topological polar surface area (TPSA) is 119 Å². The van der Waals surface area contributed by atoms with Crippen molar-refractivity contribution in [2.45, 2.75) is 32.8 Å². The molecule has 0 atom stereocenters. The summed E-state index contributed by atoms with van der Waals surface area (Å²) in [6.45, 7) is 1.98. The lowest BCUT2D eigenvalue weighted by Crippen LogP contribution is -2.19. The van der Waals surface area contributed by atoms with Crippen LogP contribution in [0.4, 0.5) is 16.2 Å². The monoisotopic (exact) mass is 770 g/mol. The normalized spacial score (nSPS) is 10.8. The Balaban J connectivity index is 1.53. The fraction of sp³-hybridized carbons (Fsp3) is 0.241. The Hall–Kier alpha value is -3.20. The summed E-state index contributed by atoms with van der Waals surface area (Å²) in [4.78, 5) is 23.5. The number of methoxy groups -OCH3 is 1. The van der Waals surface area contributed by atoms with Gasteiger partial charge in [0, 0.05) is 17.8 Å². The number of urea groups is 1. The van der Waals surface area contributed by atoms with Crippen LogP contribution in [0.3, 0.4) is 0 Å². The third-order valence-electron chi connectivity index (χ3n) is 5.85. The predicted molar refractivity (Wildman–Crippen MR) is 170 cm³/mol. The van der Waals surface area contributed by atoms with Crippen molar-refractivity contribution in [3.63, 3.8) is 0 Å². The van der Waals surface area contributed by atoms with E-state index in [1.165, 1.54) is 0 Å². The molecule has 2 amide bonds. The number of rotatable bonds is 12. The van der Waals surface area contributed by atoms with E-state index in [4.69, 9.17) is 23.7 Å². The molecule has 0 bridgehead atoms. The van der Waals surface area contributed by atoms with E-state index in [2.05, 4.69) is 62.7 Å². The van der Waals surface area contributed by atoms with Crippen molar-refractivity contribution in [1.82, 2.24) is 0 Å². The third-order valence-corrected chi connectivity index (χ3v) is 7.46. The maximum absolute atomic E-state index is 12.6. The van der Waals surface area contributed by atoms with Crippen molar-refractivity contribution in [3.05, 3.63) is 73.1 Å². The number of hydrogen-bond donors (Lipinski definition) is 3. The van der Waals surface area contributed by atoms with Crippen LogP contribution in [-0.2, 0) is 17.8 Å². The maximum Gasteiger partial charge on any atom is 0.341 e. The molecule has 40 heavy (non-hydrogen) atoms. The van der Waals surface area contributed by atoms with Gasteiger partial charge in [0.15, 0.2) is 12.4 Å². The molecular formula is C29H28I2N2O7. The number of carbonyl (C=O) groups is 2. The minimum absolute atomic E-state index is 0.272. The molecule has 3 aromatic carbocycles. The van der Waals surface area contributed by atoms with Gasteiger partial charge in [0.05, 0.1) is 19.6 Å². The zero-order valence-corrected chi connectivity index (χ0v) is 26.2. The molecule has 0 aliphatic rings. The van der Waals surface area contributed by atoms with E-state index in [1.54, 1.807) is 37.4 Å². The number of fused-ring (bicyclic) bond motifs is 1. The number of aliphatic carboxylic acids is 1. The molecule has 1 heterocycles. The first-order chi connectivity index (χ1) is 19.3. The van der Waals surface area contributed by atoms with Crippen LogP contribution < -0.4 is 24.8 Å². The predicted octanol–water partition coefficient (Wildman–Crippen LogP) is 7.68. The van der Waals surface area contributed by atoms with Crippen LogP contribution in [0.5, 0.6) is 17.2 Å². The van der Waals surface area contributed by atoms with E-state index in [-0.39, 0.29) is 12.6 Å². The molecule has 4 rings (SSSR count). The van der Waals surface area contributed by atoms with E-state index >= 15 is 0 Å². The molecule has 3 N–H and O–H groups in total. The number of anilines is 2. The first kappa shape index (κ1) is 29.8. The smallest absolute Gasteiger partial charge is 0.341 e. The van der Waals surface area contributed by atoms with Crippen LogP contribution in [0.15, 0.2) is 59.0 Å². The molecule has 0 saturated heterocycles. The van der Waals surface area contributed by atoms with Gasteiger partial charge in [-0.2, -0.15) is 0 Å². The molecule has 0 unspecified atom stereocenters. The quantitative estimate of drug-likeness (QED) is 0.127. The average Bonchev–Trinajstić information content (AvgIpc) is 3.27. The van der Waals surface area contributed by atoms with Crippen molar-refractivity contribution in [1.29, 1.82) is 0 Å². The van der Waals surface area contributed by atoms with E-state index in [1.807, 2.05) is 24.3 Å². The highest BCUT2D eigenvalue weighted by molar-refractivity contribution is 14.1. The highest BCUT2D eigenvalue weighted by Crippen LogP contribution is 2.37. The maximum atomic E-state index is 12.6. The van der Waals surface area contributed by atoms with Crippen LogP contribution in [0.1, 0.15) is 31.1 Å². The van der Waals surface area contributed by atoms with Crippen LogP contribution in [0.25, 0.3) is 11.0 Å². The number of amides is 2. The molecular weight excluding hydrogens is 742 g/mol. The van der Waals surface area contributed by atoms with Gasteiger partial charge in [0.1, 0.15) is 29.4 Å². The molecule has 9 nitrogen and oxygen atoms in total. The van der Waals surface area contributed by atoms with Gasteiger partial charge in [0.2, 0.25) is 0 Å². The molecule has 1 aromatic heterocycles. The number of carbonyl (C=O) groups excluding carboxylic acids is 1. The average molecular weight is 770 g/mol. The van der Waals surface area contributed by atoms with Crippen LogP contribution in [-0.4, -0.2) is 30.8 Å². The SMILES string of the molecule is CCCCc1oc2ccc(NC(=O)Nc3ccc(OC)cc3)cc2c1OCc1cc(I)c(OCC(=O)O)c(I)c1. The van der Waals surface area contributed by atoms with Crippen LogP contribution >= 0.6 is 45.2 Å². The number of furan rings is 1. The van der Waals surface area contributed by atoms with Gasteiger partial charge < -0.3 is 34.4 Å². The first-order valence-corrected chi connectivity index (χ1v) is 14.7. The number of carboxylic acids is 1. The van der Waals surface area contributed by atoms with Gasteiger partial charge in [0.25, 0.3) is 0 Å². The zero-order chi connectivity index (χ0) is 28.6. The highest BCUT2D eigenvalue weighted by Gasteiger charge is 2.18. The van der Waals surface area contributed by atoms with Gasteiger partial charge in [-0.25, -0.2) is 9.59 Å². The lowest BCUT2D eigenvalue weighted by molar-refractivity contribution is -0.139. The summed E-state index contributed by atoms with van der Waals surface area (Å²) in [6.07, 6.45) is 2.66. The van der Waals surface area contributed by atoms with Gasteiger partial charge >= 0.3 is 12.0 Å². The summed E-state index contributed by atoms with van der Waals surface area (Å²) >= 11 is 4.26. The Morgan fingerprint density at radius 2 is 1.60 bits per heavy atom. The van der Waals surface area contributed by atoms with Crippen molar-refractivity contribution in [3.8, 4) is 17.2 Å². The van der Waals surface area contributed by atoms with Crippen molar-refractivity contribution in [2.24, 2.45) is 0 Å². The third kappa shape index (κ3) is 7.71. The van der Waals surface area contributed by atoms with Crippen LogP contribution in [0, 0.1) is 7.14 Å². The summed E-state index contributed by atoms with van der Waals surface area (Å²) in [5, 5.41) is 15.4. The number of aryl methyl sites for hydroxylation is 1. The zero-order valence-electron chi connectivity index (χ0n) is 21.9.